The summed E-state index contributed by atoms with van der Waals surface area (Å²) in [5.74, 6) is 0. The molecule has 0 saturated carbocycles. The van der Waals surface area contributed by atoms with E-state index in [1.54, 1.807) is 0 Å². The van der Waals surface area contributed by atoms with E-state index in [4.69, 9.17) is 11.6 Å². The number of hydrogen-bond donors (Lipinski definition) is 0. The normalized spacial score (nSPS) is 12.2. The van der Waals surface area contributed by atoms with E-state index in [1.807, 2.05) is 0 Å². The Bertz CT molecular complexity index is 260. The van der Waals surface area contributed by atoms with E-state index in [9.17, 15) is 0 Å². The molecule has 0 aliphatic carbocycles. The molecular formula is C22H47BrClN. The molecule has 0 radical (unpaired) electrons. The highest BCUT2D eigenvalue weighted by Crippen LogP contribution is 2.22. The van der Waals surface area contributed by atoms with E-state index in [0.717, 1.165) is 6.42 Å². The van der Waals surface area contributed by atoms with Crippen LogP contribution in [0.3, 0.4) is 0 Å². The van der Waals surface area contributed by atoms with Gasteiger partial charge >= 0.3 is 0 Å². The van der Waals surface area contributed by atoms with E-state index in [0.29, 0.717) is 0 Å². The topological polar surface area (TPSA) is 0 Å². The first-order valence-electron chi connectivity index (χ1n) is 10.9. The summed E-state index contributed by atoms with van der Waals surface area (Å²) in [5.41, 5.74) is 0. The Kier molecular flexibility index (Phi) is 18.9. The van der Waals surface area contributed by atoms with Crippen molar-refractivity contribution in [3.05, 3.63) is 0 Å². The number of nitrogens with zero attached hydrogens (tertiary/aromatic N) is 1. The number of alkyl halides is 1. The lowest BCUT2D eigenvalue weighted by Crippen LogP contribution is -3.00. The molecule has 0 fully saturated rings. The highest BCUT2D eigenvalue weighted by atomic mass is 79.9. The lowest BCUT2D eigenvalue weighted by Gasteiger charge is -2.36. The highest BCUT2D eigenvalue weighted by molar-refractivity contribution is 6.23. The SMILES string of the molecule is CCCCCCCC[N+](C)(CCCCCCCC)CCC(C)(C)Cl.[Br-]. The molecule has 0 rings (SSSR count). The molecule has 3 heteroatoms. The third-order valence-electron chi connectivity index (χ3n) is 5.35. The fourth-order valence-electron chi connectivity index (χ4n) is 3.42. The van der Waals surface area contributed by atoms with Crippen LogP contribution < -0.4 is 17.0 Å². The van der Waals surface area contributed by atoms with Crippen LogP contribution in [0.15, 0.2) is 0 Å². The quantitative estimate of drug-likeness (QED) is 0.177. The summed E-state index contributed by atoms with van der Waals surface area (Å²) in [7, 11) is 2.47. The Balaban J connectivity index is 0. The Morgan fingerprint density at radius 2 is 1.00 bits per heavy atom. The molecule has 0 bridgehead atoms. The molecule has 154 valence electrons. The molecule has 0 spiro atoms. The number of rotatable bonds is 17. The largest absolute Gasteiger partial charge is 1.00 e. The van der Waals surface area contributed by atoms with Gasteiger partial charge in [-0.15, -0.1) is 11.6 Å². The minimum atomic E-state index is -0.0538. The van der Waals surface area contributed by atoms with Gasteiger partial charge in [-0.05, 0) is 39.5 Å². The third-order valence-corrected chi connectivity index (χ3v) is 5.54. The number of quaternary nitrogens is 1. The van der Waals surface area contributed by atoms with Gasteiger partial charge < -0.3 is 21.5 Å². The Morgan fingerprint density at radius 3 is 1.36 bits per heavy atom. The Morgan fingerprint density at radius 1 is 0.640 bits per heavy atom. The number of hydrogen-bond acceptors (Lipinski definition) is 0. The van der Waals surface area contributed by atoms with Crippen molar-refractivity contribution >= 4 is 11.6 Å². The van der Waals surface area contributed by atoms with Crippen molar-refractivity contribution < 1.29 is 21.5 Å². The van der Waals surface area contributed by atoms with E-state index in [2.05, 4.69) is 34.7 Å². The predicted molar refractivity (Wildman–Crippen MR) is 112 cm³/mol. The Hall–Kier alpha value is 0.730. The van der Waals surface area contributed by atoms with Gasteiger partial charge in [0.25, 0.3) is 0 Å². The molecule has 0 unspecified atom stereocenters. The average molecular weight is 441 g/mol. The molecule has 25 heavy (non-hydrogen) atoms. The summed E-state index contributed by atoms with van der Waals surface area (Å²) in [6.45, 7) is 12.8. The maximum absolute atomic E-state index is 6.47. The Labute approximate surface area is 175 Å². The van der Waals surface area contributed by atoms with Crippen LogP contribution in [0.4, 0.5) is 0 Å². The van der Waals surface area contributed by atoms with Crippen LogP contribution in [-0.4, -0.2) is 36.0 Å². The van der Waals surface area contributed by atoms with Gasteiger partial charge in [0.05, 0.1) is 26.7 Å². The molecule has 0 aromatic rings. The van der Waals surface area contributed by atoms with Crippen LogP contribution in [-0.2, 0) is 0 Å². The van der Waals surface area contributed by atoms with Crippen LogP contribution >= 0.6 is 11.6 Å². The predicted octanol–water partition coefficient (Wildman–Crippen LogP) is 4.57. The van der Waals surface area contributed by atoms with Crippen molar-refractivity contribution in [2.75, 3.05) is 26.7 Å². The smallest absolute Gasteiger partial charge is 0.0801 e. The minimum absolute atomic E-state index is 0. The average Bonchev–Trinajstić information content (AvgIpc) is 2.52. The molecule has 0 N–H and O–H groups in total. The van der Waals surface area contributed by atoms with Crippen molar-refractivity contribution in [3.63, 3.8) is 0 Å². The summed E-state index contributed by atoms with van der Waals surface area (Å²) in [6, 6.07) is 0. The van der Waals surface area contributed by atoms with Crippen LogP contribution in [0, 0.1) is 0 Å². The summed E-state index contributed by atoms with van der Waals surface area (Å²) < 4.78 is 1.23. The third kappa shape index (κ3) is 19.3. The summed E-state index contributed by atoms with van der Waals surface area (Å²) in [6.07, 6.45) is 17.9. The minimum Gasteiger partial charge on any atom is -1.00 e. The van der Waals surface area contributed by atoms with Crippen molar-refractivity contribution in [1.82, 2.24) is 0 Å². The number of halogens is 2. The van der Waals surface area contributed by atoms with Gasteiger partial charge in [-0.2, -0.15) is 0 Å². The maximum Gasteiger partial charge on any atom is 0.0801 e. The standard InChI is InChI=1S/C22H47ClN.BrH/c1-6-8-10-12-14-16-19-24(5,21-18-22(3,4)23)20-17-15-13-11-9-7-2;/h6-21H2,1-5H3;1H/q+1;/p-1. The van der Waals surface area contributed by atoms with Gasteiger partial charge in [0.1, 0.15) is 0 Å². The molecule has 1 nitrogen and oxygen atoms in total. The molecule has 0 saturated heterocycles. The van der Waals surface area contributed by atoms with E-state index in [1.165, 1.54) is 101 Å². The zero-order chi connectivity index (χ0) is 18.3. The summed E-state index contributed by atoms with van der Waals surface area (Å²) >= 11 is 6.47. The van der Waals surface area contributed by atoms with Gasteiger partial charge in [0.2, 0.25) is 0 Å². The van der Waals surface area contributed by atoms with E-state index in [-0.39, 0.29) is 21.9 Å². The highest BCUT2D eigenvalue weighted by Gasteiger charge is 2.24. The first kappa shape index (κ1) is 27.9. The van der Waals surface area contributed by atoms with E-state index >= 15 is 0 Å². The zero-order valence-corrected chi connectivity index (χ0v) is 20.4. The fourth-order valence-corrected chi connectivity index (χ4v) is 3.50. The lowest BCUT2D eigenvalue weighted by atomic mass is 10.1. The monoisotopic (exact) mass is 439 g/mol. The lowest BCUT2D eigenvalue weighted by molar-refractivity contribution is -0.910. The molecular weight excluding hydrogens is 394 g/mol. The fraction of sp³-hybridized carbons (Fsp3) is 1.00. The second kappa shape index (κ2) is 16.9. The molecule has 0 aliphatic heterocycles. The van der Waals surface area contributed by atoms with E-state index < -0.39 is 0 Å². The van der Waals surface area contributed by atoms with Gasteiger partial charge in [-0.25, -0.2) is 0 Å². The maximum atomic E-state index is 6.47. The van der Waals surface area contributed by atoms with Crippen LogP contribution in [0.5, 0.6) is 0 Å². The van der Waals surface area contributed by atoms with Gasteiger partial charge in [-0.3, -0.25) is 0 Å². The zero-order valence-electron chi connectivity index (χ0n) is 18.0. The molecule has 0 aromatic heterocycles. The molecule has 0 atom stereocenters. The van der Waals surface area contributed by atoms with Gasteiger partial charge in [0, 0.05) is 11.3 Å². The summed E-state index contributed by atoms with van der Waals surface area (Å²) in [4.78, 5) is -0.0538. The second-order valence-corrected chi connectivity index (χ2v) is 9.82. The van der Waals surface area contributed by atoms with Crippen LogP contribution in [0.2, 0.25) is 0 Å². The first-order valence-corrected chi connectivity index (χ1v) is 11.2. The van der Waals surface area contributed by atoms with Crippen molar-refractivity contribution in [2.24, 2.45) is 0 Å². The molecule has 0 heterocycles. The van der Waals surface area contributed by atoms with Crippen molar-refractivity contribution in [3.8, 4) is 0 Å². The number of unbranched alkanes of at least 4 members (excludes halogenated alkanes) is 10. The molecule has 0 amide bonds. The van der Waals surface area contributed by atoms with Gasteiger partial charge in [0.15, 0.2) is 0 Å². The van der Waals surface area contributed by atoms with Crippen LogP contribution in [0.25, 0.3) is 0 Å². The van der Waals surface area contributed by atoms with Crippen molar-refractivity contribution in [1.29, 1.82) is 0 Å². The summed E-state index contributed by atoms with van der Waals surface area (Å²) in [5, 5.41) is 0. The van der Waals surface area contributed by atoms with Crippen LogP contribution in [0.1, 0.15) is 111 Å². The second-order valence-electron chi connectivity index (χ2n) is 8.79. The van der Waals surface area contributed by atoms with Crippen molar-refractivity contribution in [2.45, 2.75) is 116 Å². The molecule has 0 aromatic carbocycles. The first-order chi connectivity index (χ1) is 11.3. The molecule has 0 aliphatic rings. The van der Waals surface area contributed by atoms with Gasteiger partial charge in [-0.1, -0.05) is 65.2 Å².